The Balaban J connectivity index is 2.20. The van der Waals surface area contributed by atoms with Crippen LogP contribution in [0.2, 0.25) is 5.02 Å². The van der Waals surface area contributed by atoms with Crippen molar-refractivity contribution in [2.24, 2.45) is 11.7 Å². The zero-order valence-corrected chi connectivity index (χ0v) is 11.7. The van der Waals surface area contributed by atoms with Crippen LogP contribution in [0.15, 0.2) is 18.2 Å². The Hall–Kier alpha value is -1.26. The summed E-state index contributed by atoms with van der Waals surface area (Å²) in [7, 11) is 0. The number of hydrogen-bond donors (Lipinski definition) is 2. The summed E-state index contributed by atoms with van der Waals surface area (Å²) >= 11 is 5.84. The minimum absolute atomic E-state index is 0.0131. The van der Waals surface area contributed by atoms with E-state index in [4.69, 9.17) is 17.3 Å². The number of piperidine rings is 1. The molecule has 0 aliphatic carbocycles. The van der Waals surface area contributed by atoms with Crippen LogP contribution in [-0.4, -0.2) is 35.0 Å². The third kappa shape index (κ3) is 3.01. The number of carbonyl (C=O) groups excluding carboxylic acids is 1. The smallest absolute Gasteiger partial charge is 0.254 e. The van der Waals surface area contributed by atoms with Crippen LogP contribution in [-0.2, 0) is 0 Å². The second-order valence-electron chi connectivity index (χ2n) is 5.18. The van der Waals surface area contributed by atoms with Crippen LogP contribution >= 0.6 is 11.6 Å². The Morgan fingerprint density at radius 3 is 2.95 bits per heavy atom. The number of aromatic hydroxyl groups is 1. The van der Waals surface area contributed by atoms with Gasteiger partial charge in [0.25, 0.3) is 5.91 Å². The van der Waals surface area contributed by atoms with Crippen LogP contribution in [0.25, 0.3) is 0 Å². The van der Waals surface area contributed by atoms with Gasteiger partial charge in [-0.2, -0.15) is 0 Å². The molecule has 1 saturated heterocycles. The molecule has 1 heterocycles. The number of amides is 1. The van der Waals surface area contributed by atoms with E-state index in [1.807, 2.05) is 4.90 Å². The molecule has 0 radical (unpaired) electrons. The molecule has 1 aliphatic rings. The van der Waals surface area contributed by atoms with Crippen LogP contribution in [0.1, 0.15) is 30.1 Å². The first-order valence-corrected chi connectivity index (χ1v) is 6.90. The molecule has 1 aliphatic heterocycles. The lowest BCUT2D eigenvalue weighted by Crippen LogP contribution is -2.49. The van der Waals surface area contributed by atoms with Gasteiger partial charge in [0.2, 0.25) is 0 Å². The maximum absolute atomic E-state index is 12.5. The Kier molecular flexibility index (Phi) is 4.32. The van der Waals surface area contributed by atoms with E-state index in [0.29, 0.717) is 18.0 Å². The Morgan fingerprint density at radius 2 is 2.32 bits per heavy atom. The lowest BCUT2D eigenvalue weighted by molar-refractivity contribution is 0.0573. The first-order valence-electron chi connectivity index (χ1n) is 6.52. The van der Waals surface area contributed by atoms with Crippen molar-refractivity contribution in [3.63, 3.8) is 0 Å². The summed E-state index contributed by atoms with van der Waals surface area (Å²) < 4.78 is 0. The summed E-state index contributed by atoms with van der Waals surface area (Å²) in [4.78, 5) is 14.3. The second-order valence-corrected chi connectivity index (χ2v) is 5.59. The third-order valence-corrected chi connectivity index (χ3v) is 4.01. The second kappa shape index (κ2) is 5.80. The first-order chi connectivity index (χ1) is 9.02. The molecule has 1 aromatic carbocycles. The Morgan fingerprint density at radius 1 is 1.58 bits per heavy atom. The molecule has 3 N–H and O–H groups in total. The zero-order valence-electron chi connectivity index (χ0n) is 11.0. The van der Waals surface area contributed by atoms with Gasteiger partial charge in [-0.25, -0.2) is 0 Å². The highest BCUT2D eigenvalue weighted by Crippen LogP contribution is 2.27. The molecule has 0 aromatic heterocycles. The SMILES string of the molecule is CC1CCN(C(=O)c2ccc(O)c(Cl)c2)C(CN)C1. The molecule has 1 amide bonds. The number of hydrogen-bond acceptors (Lipinski definition) is 3. The lowest BCUT2D eigenvalue weighted by Gasteiger charge is -2.38. The molecule has 1 aromatic rings. The molecule has 0 spiro atoms. The van der Waals surface area contributed by atoms with Crippen molar-refractivity contribution >= 4 is 17.5 Å². The summed E-state index contributed by atoms with van der Waals surface area (Å²) in [5.41, 5.74) is 6.26. The van der Waals surface area contributed by atoms with Gasteiger partial charge in [-0.05, 0) is 37.0 Å². The van der Waals surface area contributed by atoms with E-state index >= 15 is 0 Å². The molecule has 19 heavy (non-hydrogen) atoms. The van der Waals surface area contributed by atoms with Gasteiger partial charge in [0.1, 0.15) is 5.75 Å². The standard InChI is InChI=1S/C14H19ClN2O2/c1-9-4-5-17(11(6-9)8-16)14(19)10-2-3-13(18)12(15)7-10/h2-3,7,9,11,18H,4-6,8,16H2,1H3. The van der Waals surface area contributed by atoms with Crippen molar-refractivity contribution in [2.75, 3.05) is 13.1 Å². The number of carbonyl (C=O) groups is 1. The highest BCUT2D eigenvalue weighted by atomic mass is 35.5. The van der Waals surface area contributed by atoms with E-state index in [1.54, 1.807) is 6.07 Å². The van der Waals surface area contributed by atoms with E-state index in [2.05, 4.69) is 6.92 Å². The molecule has 1 fully saturated rings. The van der Waals surface area contributed by atoms with Crippen LogP contribution in [0.4, 0.5) is 0 Å². The first kappa shape index (κ1) is 14.2. The molecule has 0 saturated carbocycles. The zero-order chi connectivity index (χ0) is 14.0. The number of nitrogens with two attached hydrogens (primary N) is 1. The monoisotopic (exact) mass is 282 g/mol. The average Bonchev–Trinajstić information content (AvgIpc) is 2.41. The number of likely N-dealkylation sites (tertiary alicyclic amines) is 1. The van der Waals surface area contributed by atoms with Gasteiger partial charge >= 0.3 is 0 Å². The Labute approximate surface area is 118 Å². The summed E-state index contributed by atoms with van der Waals surface area (Å²) in [5.74, 6) is 0.520. The van der Waals surface area contributed by atoms with Gasteiger partial charge in [-0.15, -0.1) is 0 Å². The van der Waals surface area contributed by atoms with Crippen LogP contribution < -0.4 is 5.73 Å². The minimum Gasteiger partial charge on any atom is -0.506 e. The van der Waals surface area contributed by atoms with Gasteiger partial charge in [0.15, 0.2) is 0 Å². The average molecular weight is 283 g/mol. The third-order valence-electron chi connectivity index (χ3n) is 3.71. The molecule has 2 atom stereocenters. The molecule has 104 valence electrons. The van der Waals surface area contributed by atoms with Gasteiger partial charge in [0, 0.05) is 24.7 Å². The van der Waals surface area contributed by atoms with Crippen molar-refractivity contribution in [1.29, 1.82) is 0 Å². The van der Waals surface area contributed by atoms with E-state index < -0.39 is 0 Å². The number of rotatable bonds is 2. The molecule has 2 unspecified atom stereocenters. The van der Waals surface area contributed by atoms with E-state index in [1.165, 1.54) is 12.1 Å². The van der Waals surface area contributed by atoms with Crippen molar-refractivity contribution in [1.82, 2.24) is 4.90 Å². The fraction of sp³-hybridized carbons (Fsp3) is 0.500. The number of phenolic OH excluding ortho intramolecular Hbond substituents is 1. The summed E-state index contributed by atoms with van der Waals surface area (Å²) in [6.45, 7) is 3.38. The molecule has 4 nitrogen and oxygen atoms in total. The molecular formula is C14H19ClN2O2. The number of nitrogens with zero attached hydrogens (tertiary/aromatic N) is 1. The van der Waals surface area contributed by atoms with E-state index in [0.717, 1.165) is 19.4 Å². The number of halogens is 1. The lowest BCUT2D eigenvalue weighted by atomic mass is 9.92. The maximum atomic E-state index is 12.5. The maximum Gasteiger partial charge on any atom is 0.254 e. The molecule has 5 heteroatoms. The summed E-state index contributed by atoms with van der Waals surface area (Å²) in [5, 5.41) is 9.59. The Bertz CT molecular complexity index is 479. The van der Waals surface area contributed by atoms with E-state index in [9.17, 15) is 9.90 Å². The fourth-order valence-corrected chi connectivity index (χ4v) is 2.73. The number of phenols is 1. The minimum atomic E-state index is -0.0655. The fourth-order valence-electron chi connectivity index (χ4n) is 2.55. The van der Waals surface area contributed by atoms with Gasteiger partial charge < -0.3 is 15.7 Å². The van der Waals surface area contributed by atoms with Crippen LogP contribution in [0, 0.1) is 5.92 Å². The van der Waals surface area contributed by atoms with Crippen LogP contribution in [0.3, 0.4) is 0 Å². The van der Waals surface area contributed by atoms with Crippen molar-refractivity contribution in [2.45, 2.75) is 25.8 Å². The van der Waals surface area contributed by atoms with Crippen molar-refractivity contribution < 1.29 is 9.90 Å². The van der Waals surface area contributed by atoms with Gasteiger partial charge in [-0.1, -0.05) is 18.5 Å². The molecule has 2 rings (SSSR count). The van der Waals surface area contributed by atoms with E-state index in [-0.39, 0.29) is 22.7 Å². The topological polar surface area (TPSA) is 66.6 Å². The molecule has 0 bridgehead atoms. The molecular weight excluding hydrogens is 264 g/mol. The van der Waals surface area contributed by atoms with Crippen molar-refractivity contribution in [3.8, 4) is 5.75 Å². The largest absolute Gasteiger partial charge is 0.506 e. The van der Waals surface area contributed by atoms with Gasteiger partial charge in [-0.3, -0.25) is 4.79 Å². The highest BCUT2D eigenvalue weighted by molar-refractivity contribution is 6.32. The summed E-state index contributed by atoms with van der Waals surface area (Å²) in [6.07, 6.45) is 1.93. The predicted molar refractivity (Wildman–Crippen MR) is 75.4 cm³/mol. The number of benzene rings is 1. The highest BCUT2D eigenvalue weighted by Gasteiger charge is 2.29. The van der Waals surface area contributed by atoms with Gasteiger partial charge in [0.05, 0.1) is 5.02 Å². The van der Waals surface area contributed by atoms with Crippen molar-refractivity contribution in [3.05, 3.63) is 28.8 Å². The predicted octanol–water partition coefficient (Wildman–Crippen LogP) is 2.25. The van der Waals surface area contributed by atoms with Crippen LogP contribution in [0.5, 0.6) is 5.75 Å². The normalized spacial score (nSPS) is 23.4. The summed E-state index contributed by atoms with van der Waals surface area (Å²) in [6, 6.07) is 4.63. The quantitative estimate of drug-likeness (QED) is 0.874.